The SMILES string of the molecule is COc1ccccc1C(C)N(C)C(=O)c1n[nH]c2ccc(C)cc12. The van der Waals surface area contributed by atoms with Crippen LogP contribution in [-0.4, -0.2) is 35.2 Å². The highest BCUT2D eigenvalue weighted by Gasteiger charge is 2.24. The average molecular weight is 323 g/mol. The lowest BCUT2D eigenvalue weighted by atomic mass is 10.1. The van der Waals surface area contributed by atoms with E-state index in [1.54, 1.807) is 19.1 Å². The minimum absolute atomic E-state index is 0.120. The van der Waals surface area contributed by atoms with Crippen LogP contribution in [0.1, 0.15) is 34.6 Å². The number of aromatic nitrogens is 2. The molecule has 5 heteroatoms. The number of ether oxygens (including phenoxy) is 1. The molecular weight excluding hydrogens is 302 g/mol. The van der Waals surface area contributed by atoms with Gasteiger partial charge in [0.1, 0.15) is 5.75 Å². The Labute approximate surface area is 141 Å². The van der Waals surface area contributed by atoms with Gasteiger partial charge < -0.3 is 9.64 Å². The van der Waals surface area contributed by atoms with Gasteiger partial charge in [0.15, 0.2) is 5.69 Å². The highest BCUT2D eigenvalue weighted by Crippen LogP contribution is 2.29. The van der Waals surface area contributed by atoms with Crippen molar-refractivity contribution in [2.24, 2.45) is 0 Å². The molecule has 0 fully saturated rings. The summed E-state index contributed by atoms with van der Waals surface area (Å²) >= 11 is 0. The molecule has 1 aromatic heterocycles. The van der Waals surface area contributed by atoms with E-state index >= 15 is 0 Å². The Morgan fingerprint density at radius 3 is 2.75 bits per heavy atom. The molecule has 0 spiro atoms. The van der Waals surface area contributed by atoms with Crippen LogP contribution < -0.4 is 4.74 Å². The van der Waals surface area contributed by atoms with Crippen LogP contribution in [0.3, 0.4) is 0 Å². The molecular formula is C19H21N3O2. The van der Waals surface area contributed by atoms with E-state index in [4.69, 9.17) is 4.74 Å². The molecule has 0 bridgehead atoms. The smallest absolute Gasteiger partial charge is 0.275 e. The van der Waals surface area contributed by atoms with E-state index in [1.807, 2.05) is 56.3 Å². The summed E-state index contributed by atoms with van der Waals surface area (Å²) in [6.45, 7) is 3.98. The van der Waals surface area contributed by atoms with Crippen LogP contribution in [0.25, 0.3) is 10.9 Å². The highest BCUT2D eigenvalue weighted by atomic mass is 16.5. The number of nitrogens with one attached hydrogen (secondary N) is 1. The quantitative estimate of drug-likeness (QED) is 0.796. The van der Waals surface area contributed by atoms with Crippen LogP contribution in [0.15, 0.2) is 42.5 Å². The van der Waals surface area contributed by atoms with Gasteiger partial charge in [-0.3, -0.25) is 9.89 Å². The predicted molar refractivity (Wildman–Crippen MR) is 94.3 cm³/mol. The Morgan fingerprint density at radius 1 is 1.25 bits per heavy atom. The van der Waals surface area contributed by atoms with E-state index < -0.39 is 0 Å². The average Bonchev–Trinajstić information content (AvgIpc) is 3.02. The van der Waals surface area contributed by atoms with Gasteiger partial charge in [0.05, 0.1) is 18.7 Å². The first-order valence-corrected chi connectivity index (χ1v) is 7.87. The fourth-order valence-electron chi connectivity index (χ4n) is 2.85. The minimum atomic E-state index is -0.134. The highest BCUT2D eigenvalue weighted by molar-refractivity contribution is 6.04. The summed E-state index contributed by atoms with van der Waals surface area (Å²) in [7, 11) is 3.42. The molecule has 1 N–H and O–H groups in total. The molecule has 1 heterocycles. The van der Waals surface area contributed by atoms with E-state index in [0.29, 0.717) is 5.69 Å². The van der Waals surface area contributed by atoms with Gasteiger partial charge >= 0.3 is 0 Å². The summed E-state index contributed by atoms with van der Waals surface area (Å²) in [5.41, 5.74) is 3.37. The molecule has 1 unspecified atom stereocenters. The van der Waals surface area contributed by atoms with Gasteiger partial charge in [-0.15, -0.1) is 0 Å². The van der Waals surface area contributed by atoms with Crippen molar-refractivity contribution in [3.63, 3.8) is 0 Å². The number of amides is 1. The summed E-state index contributed by atoms with van der Waals surface area (Å²) < 4.78 is 5.41. The first-order valence-electron chi connectivity index (χ1n) is 7.87. The van der Waals surface area contributed by atoms with Crippen molar-refractivity contribution in [1.82, 2.24) is 15.1 Å². The lowest BCUT2D eigenvalue weighted by Gasteiger charge is -2.26. The van der Waals surface area contributed by atoms with Crippen molar-refractivity contribution in [3.8, 4) is 5.75 Å². The third-order valence-electron chi connectivity index (χ3n) is 4.41. The van der Waals surface area contributed by atoms with E-state index in [-0.39, 0.29) is 11.9 Å². The number of rotatable bonds is 4. The molecule has 0 aliphatic carbocycles. The van der Waals surface area contributed by atoms with Gasteiger partial charge in [-0.1, -0.05) is 29.8 Å². The van der Waals surface area contributed by atoms with Crippen molar-refractivity contribution in [2.75, 3.05) is 14.2 Å². The molecule has 0 aliphatic heterocycles. The minimum Gasteiger partial charge on any atom is -0.496 e. The molecule has 1 amide bonds. The molecule has 0 saturated heterocycles. The number of para-hydroxylation sites is 1. The van der Waals surface area contributed by atoms with Gasteiger partial charge in [0.25, 0.3) is 5.91 Å². The summed E-state index contributed by atoms with van der Waals surface area (Å²) in [5, 5.41) is 8.01. The van der Waals surface area contributed by atoms with Gasteiger partial charge in [0.2, 0.25) is 0 Å². The second-order valence-electron chi connectivity index (χ2n) is 5.96. The first kappa shape index (κ1) is 16.1. The number of benzene rings is 2. The zero-order valence-electron chi connectivity index (χ0n) is 14.3. The first-order chi connectivity index (χ1) is 11.5. The maximum atomic E-state index is 12.9. The topological polar surface area (TPSA) is 58.2 Å². The Balaban J connectivity index is 1.95. The molecule has 2 aromatic carbocycles. The lowest BCUT2D eigenvalue weighted by molar-refractivity contribution is 0.0737. The molecule has 5 nitrogen and oxygen atoms in total. The van der Waals surface area contributed by atoms with Crippen molar-refractivity contribution in [1.29, 1.82) is 0 Å². The summed E-state index contributed by atoms with van der Waals surface area (Å²) in [4.78, 5) is 14.6. The molecule has 0 saturated carbocycles. The molecule has 1 atom stereocenters. The zero-order valence-corrected chi connectivity index (χ0v) is 14.3. The number of hydrogen-bond acceptors (Lipinski definition) is 3. The van der Waals surface area contributed by atoms with Crippen LogP contribution in [0.4, 0.5) is 0 Å². The molecule has 124 valence electrons. The zero-order chi connectivity index (χ0) is 17.3. The van der Waals surface area contributed by atoms with Crippen molar-refractivity contribution < 1.29 is 9.53 Å². The van der Waals surface area contributed by atoms with Crippen LogP contribution in [0, 0.1) is 6.92 Å². The number of aromatic amines is 1. The second-order valence-corrected chi connectivity index (χ2v) is 5.96. The van der Waals surface area contributed by atoms with Gasteiger partial charge in [-0.05, 0) is 32.0 Å². The number of nitrogens with zero attached hydrogens (tertiary/aromatic N) is 2. The number of aryl methyl sites for hydroxylation is 1. The third kappa shape index (κ3) is 2.73. The van der Waals surface area contributed by atoms with Crippen LogP contribution in [0.2, 0.25) is 0 Å². The summed E-state index contributed by atoms with van der Waals surface area (Å²) in [6.07, 6.45) is 0. The van der Waals surface area contributed by atoms with E-state index in [0.717, 1.165) is 27.8 Å². The van der Waals surface area contributed by atoms with Crippen molar-refractivity contribution in [2.45, 2.75) is 19.9 Å². The predicted octanol–water partition coefficient (Wildman–Crippen LogP) is 3.71. The summed E-state index contributed by atoms with van der Waals surface area (Å²) in [6, 6.07) is 13.5. The van der Waals surface area contributed by atoms with Crippen LogP contribution in [0.5, 0.6) is 5.75 Å². The van der Waals surface area contributed by atoms with Crippen molar-refractivity contribution >= 4 is 16.8 Å². The Kier molecular flexibility index (Phi) is 4.25. The molecule has 24 heavy (non-hydrogen) atoms. The van der Waals surface area contributed by atoms with Gasteiger partial charge in [-0.2, -0.15) is 5.10 Å². The number of carbonyl (C=O) groups excluding carboxylic acids is 1. The summed E-state index contributed by atoms with van der Waals surface area (Å²) in [5.74, 6) is 0.651. The standard InChI is InChI=1S/C19H21N3O2/c1-12-9-10-16-15(11-12)18(21-20-16)19(23)22(3)13(2)14-7-5-6-8-17(14)24-4/h5-11,13H,1-4H3,(H,20,21). The number of carbonyl (C=O) groups is 1. The van der Waals surface area contributed by atoms with Gasteiger partial charge in [0, 0.05) is 18.0 Å². The number of H-pyrrole nitrogens is 1. The monoisotopic (exact) mass is 323 g/mol. The Hall–Kier alpha value is -2.82. The molecule has 0 aliphatic rings. The Bertz CT molecular complexity index is 885. The maximum absolute atomic E-state index is 12.9. The van der Waals surface area contributed by atoms with Gasteiger partial charge in [-0.25, -0.2) is 0 Å². The normalized spacial score (nSPS) is 12.2. The molecule has 0 radical (unpaired) electrons. The lowest BCUT2D eigenvalue weighted by Crippen LogP contribution is -2.30. The second kappa shape index (κ2) is 6.35. The van der Waals surface area contributed by atoms with E-state index in [9.17, 15) is 4.79 Å². The van der Waals surface area contributed by atoms with Crippen molar-refractivity contribution in [3.05, 3.63) is 59.3 Å². The van der Waals surface area contributed by atoms with E-state index in [2.05, 4.69) is 10.2 Å². The largest absolute Gasteiger partial charge is 0.496 e. The van der Waals surface area contributed by atoms with Crippen LogP contribution >= 0.6 is 0 Å². The van der Waals surface area contributed by atoms with Crippen LogP contribution in [-0.2, 0) is 0 Å². The fraction of sp³-hybridized carbons (Fsp3) is 0.263. The number of methoxy groups -OCH3 is 1. The fourth-order valence-corrected chi connectivity index (χ4v) is 2.85. The number of fused-ring (bicyclic) bond motifs is 1. The Morgan fingerprint density at radius 2 is 2.00 bits per heavy atom. The van der Waals surface area contributed by atoms with E-state index in [1.165, 1.54) is 0 Å². The third-order valence-corrected chi connectivity index (χ3v) is 4.41. The maximum Gasteiger partial charge on any atom is 0.275 e. The molecule has 3 aromatic rings. The molecule has 3 rings (SSSR count). The number of hydrogen-bond donors (Lipinski definition) is 1.